The molecule has 1 aliphatic heterocycles. The third-order valence-electron chi connectivity index (χ3n) is 3.07. The normalized spacial score (nSPS) is 19.0. The number of methoxy groups -OCH3 is 1. The molecule has 1 aliphatic rings. The molecule has 0 aromatic carbocycles. The summed E-state index contributed by atoms with van der Waals surface area (Å²) in [6.45, 7) is 6.18. The van der Waals surface area contributed by atoms with E-state index in [9.17, 15) is 9.59 Å². The molecule has 0 saturated carbocycles. The lowest BCUT2D eigenvalue weighted by Crippen LogP contribution is -2.45. The van der Waals surface area contributed by atoms with Gasteiger partial charge in [-0.3, -0.25) is 9.59 Å². The summed E-state index contributed by atoms with van der Waals surface area (Å²) in [5.41, 5.74) is 0. The van der Waals surface area contributed by atoms with Crippen molar-refractivity contribution in [3.05, 3.63) is 0 Å². The predicted octanol–water partition coefficient (Wildman–Crippen LogP) is 0.786. The summed E-state index contributed by atoms with van der Waals surface area (Å²) in [6, 6.07) is -0.0682. The van der Waals surface area contributed by atoms with Gasteiger partial charge in [-0.2, -0.15) is 0 Å². The molecular formula is C13H24N2O3. The van der Waals surface area contributed by atoms with Crippen LogP contribution in [0.4, 0.5) is 0 Å². The van der Waals surface area contributed by atoms with E-state index in [2.05, 4.69) is 23.9 Å². The van der Waals surface area contributed by atoms with E-state index in [1.807, 2.05) is 0 Å². The van der Waals surface area contributed by atoms with Crippen LogP contribution in [0, 0.1) is 5.92 Å². The van der Waals surface area contributed by atoms with Gasteiger partial charge >= 0.3 is 5.97 Å². The average Bonchev–Trinajstić information content (AvgIpc) is 2.86. The summed E-state index contributed by atoms with van der Waals surface area (Å²) in [5.74, 6) is 0.244. The van der Waals surface area contributed by atoms with Gasteiger partial charge in [0.2, 0.25) is 5.91 Å². The van der Waals surface area contributed by atoms with E-state index in [1.54, 1.807) is 4.90 Å². The zero-order chi connectivity index (χ0) is 13.5. The van der Waals surface area contributed by atoms with Gasteiger partial charge in [-0.05, 0) is 25.3 Å². The fourth-order valence-electron chi connectivity index (χ4n) is 2.18. The Bertz CT molecular complexity index is 286. The van der Waals surface area contributed by atoms with Gasteiger partial charge in [0.15, 0.2) is 0 Å². The van der Waals surface area contributed by atoms with E-state index in [4.69, 9.17) is 0 Å². The molecule has 104 valence electrons. The van der Waals surface area contributed by atoms with Crippen LogP contribution >= 0.6 is 0 Å². The number of esters is 1. The second kappa shape index (κ2) is 7.36. The van der Waals surface area contributed by atoms with Gasteiger partial charge in [0, 0.05) is 13.1 Å². The first-order chi connectivity index (χ1) is 8.54. The van der Waals surface area contributed by atoms with Crippen LogP contribution in [-0.4, -0.2) is 49.6 Å². The zero-order valence-electron chi connectivity index (χ0n) is 11.6. The van der Waals surface area contributed by atoms with Crippen LogP contribution < -0.4 is 5.32 Å². The molecule has 0 aromatic heterocycles. The van der Waals surface area contributed by atoms with E-state index in [0.717, 1.165) is 19.4 Å². The topological polar surface area (TPSA) is 58.6 Å². The first kappa shape index (κ1) is 15.0. The van der Waals surface area contributed by atoms with E-state index >= 15 is 0 Å². The summed E-state index contributed by atoms with van der Waals surface area (Å²) in [4.78, 5) is 25.2. The molecule has 1 fully saturated rings. The molecule has 0 unspecified atom stereocenters. The summed E-state index contributed by atoms with van der Waals surface area (Å²) < 4.78 is 4.62. The lowest BCUT2D eigenvalue weighted by Gasteiger charge is -2.27. The van der Waals surface area contributed by atoms with Crippen molar-refractivity contribution in [2.75, 3.05) is 26.7 Å². The van der Waals surface area contributed by atoms with Crippen molar-refractivity contribution in [2.45, 2.75) is 39.2 Å². The van der Waals surface area contributed by atoms with E-state index in [0.29, 0.717) is 19.0 Å². The number of carbonyl (C=O) groups excluding carboxylic acids is 2. The van der Waals surface area contributed by atoms with Gasteiger partial charge in [0.25, 0.3) is 0 Å². The van der Waals surface area contributed by atoms with Crippen molar-refractivity contribution in [3.8, 4) is 0 Å². The maximum atomic E-state index is 12.3. The molecule has 1 saturated heterocycles. The van der Waals surface area contributed by atoms with Gasteiger partial charge in [-0.15, -0.1) is 0 Å². The number of hydrogen-bond donors (Lipinski definition) is 1. The zero-order valence-corrected chi connectivity index (χ0v) is 11.6. The minimum atomic E-state index is -0.268. The van der Waals surface area contributed by atoms with Crippen molar-refractivity contribution in [1.82, 2.24) is 10.2 Å². The second-order valence-corrected chi connectivity index (χ2v) is 5.15. The summed E-state index contributed by atoms with van der Waals surface area (Å²) in [6.07, 6.45) is 2.20. The van der Waals surface area contributed by atoms with E-state index in [-0.39, 0.29) is 24.3 Å². The largest absolute Gasteiger partial charge is 0.469 e. The Morgan fingerprint density at radius 2 is 2.17 bits per heavy atom. The monoisotopic (exact) mass is 256 g/mol. The quantitative estimate of drug-likeness (QED) is 0.714. The second-order valence-electron chi connectivity index (χ2n) is 5.15. The molecular weight excluding hydrogens is 232 g/mol. The standard InChI is InChI=1S/C13H24N2O3/c1-10(2)9-15(8-6-12(16)18-3)13(17)11-5-4-7-14-11/h10-11,14H,4-9H2,1-3H3/t11-/m0/s1. The van der Waals surface area contributed by atoms with Crippen molar-refractivity contribution >= 4 is 11.9 Å². The van der Waals surface area contributed by atoms with Crippen LogP contribution in [0.25, 0.3) is 0 Å². The van der Waals surface area contributed by atoms with Crippen molar-refractivity contribution < 1.29 is 14.3 Å². The molecule has 0 bridgehead atoms. The fraction of sp³-hybridized carbons (Fsp3) is 0.846. The highest BCUT2D eigenvalue weighted by molar-refractivity contribution is 5.82. The van der Waals surface area contributed by atoms with Crippen LogP contribution in [0.3, 0.4) is 0 Å². The molecule has 0 aromatic rings. The van der Waals surface area contributed by atoms with Crippen molar-refractivity contribution in [3.63, 3.8) is 0 Å². The van der Waals surface area contributed by atoms with Crippen LogP contribution in [0.1, 0.15) is 33.1 Å². The molecule has 0 aliphatic carbocycles. The maximum absolute atomic E-state index is 12.3. The molecule has 0 radical (unpaired) electrons. The minimum absolute atomic E-state index is 0.0682. The van der Waals surface area contributed by atoms with Gasteiger partial charge in [-0.1, -0.05) is 13.8 Å². The maximum Gasteiger partial charge on any atom is 0.307 e. The number of hydrogen-bond acceptors (Lipinski definition) is 4. The molecule has 5 nitrogen and oxygen atoms in total. The van der Waals surface area contributed by atoms with Crippen LogP contribution in [0.15, 0.2) is 0 Å². The smallest absolute Gasteiger partial charge is 0.307 e. The Labute approximate surface area is 109 Å². The lowest BCUT2D eigenvalue weighted by molar-refractivity contribution is -0.142. The molecule has 1 N–H and O–H groups in total. The van der Waals surface area contributed by atoms with Crippen LogP contribution in [-0.2, 0) is 14.3 Å². The van der Waals surface area contributed by atoms with Gasteiger partial charge < -0.3 is 15.0 Å². The molecule has 1 rings (SSSR count). The number of nitrogens with one attached hydrogen (secondary N) is 1. The molecule has 1 atom stereocenters. The first-order valence-electron chi connectivity index (χ1n) is 6.63. The minimum Gasteiger partial charge on any atom is -0.469 e. The first-order valence-corrected chi connectivity index (χ1v) is 6.63. The fourth-order valence-corrected chi connectivity index (χ4v) is 2.18. The van der Waals surface area contributed by atoms with Crippen molar-refractivity contribution in [1.29, 1.82) is 0 Å². The number of nitrogens with zero attached hydrogens (tertiary/aromatic N) is 1. The number of ether oxygens (including phenoxy) is 1. The van der Waals surface area contributed by atoms with E-state index in [1.165, 1.54) is 7.11 Å². The van der Waals surface area contributed by atoms with Gasteiger partial charge in [0.05, 0.1) is 19.6 Å². The molecule has 1 heterocycles. The molecule has 1 amide bonds. The van der Waals surface area contributed by atoms with Gasteiger partial charge in [-0.25, -0.2) is 0 Å². The van der Waals surface area contributed by atoms with Crippen LogP contribution in [0.2, 0.25) is 0 Å². The predicted molar refractivity (Wildman–Crippen MR) is 69.1 cm³/mol. The lowest BCUT2D eigenvalue weighted by atomic mass is 10.1. The van der Waals surface area contributed by atoms with Crippen molar-refractivity contribution in [2.24, 2.45) is 5.92 Å². The Balaban J connectivity index is 2.53. The summed E-state index contributed by atoms with van der Waals surface area (Å²) >= 11 is 0. The van der Waals surface area contributed by atoms with E-state index < -0.39 is 0 Å². The van der Waals surface area contributed by atoms with Crippen LogP contribution in [0.5, 0.6) is 0 Å². The Morgan fingerprint density at radius 1 is 1.44 bits per heavy atom. The number of rotatable bonds is 6. The summed E-state index contributed by atoms with van der Waals surface area (Å²) in [5, 5.41) is 3.20. The Kier molecular flexibility index (Phi) is 6.12. The SMILES string of the molecule is COC(=O)CCN(CC(C)C)C(=O)[C@@H]1CCCN1. The Hall–Kier alpha value is -1.10. The highest BCUT2D eigenvalue weighted by Crippen LogP contribution is 2.11. The third kappa shape index (κ3) is 4.64. The van der Waals surface area contributed by atoms with Gasteiger partial charge in [0.1, 0.15) is 0 Å². The summed E-state index contributed by atoms with van der Waals surface area (Å²) in [7, 11) is 1.37. The molecule has 18 heavy (non-hydrogen) atoms. The Morgan fingerprint density at radius 3 is 2.67 bits per heavy atom. The third-order valence-corrected chi connectivity index (χ3v) is 3.07. The molecule has 5 heteroatoms. The molecule has 0 spiro atoms. The highest BCUT2D eigenvalue weighted by atomic mass is 16.5. The highest BCUT2D eigenvalue weighted by Gasteiger charge is 2.27. The number of carbonyl (C=O) groups is 2. The average molecular weight is 256 g/mol. The number of amides is 1.